The van der Waals surface area contributed by atoms with E-state index >= 15 is 0 Å². The molecule has 1 atom stereocenters. The number of anilines is 1. The summed E-state index contributed by atoms with van der Waals surface area (Å²) in [7, 11) is 0. The van der Waals surface area contributed by atoms with Gasteiger partial charge in [0.25, 0.3) is 5.69 Å². The Balaban J connectivity index is 2.20. The summed E-state index contributed by atoms with van der Waals surface area (Å²) in [4.78, 5) is 34.9. The Kier molecular flexibility index (Phi) is 5.17. The molecule has 0 aromatic heterocycles. The standard InChI is InChI=1S/C18H18N2O5/c1-10-4-5-11(2)14(8-10)17(21)12(3)25-18(22)13-6-7-15(19)16(9-13)20(23)24/h4-9,12H,19H2,1-3H3. The molecule has 2 rings (SSSR count). The molecule has 0 aliphatic rings. The molecule has 0 amide bonds. The van der Waals surface area contributed by atoms with Crippen molar-refractivity contribution in [3.63, 3.8) is 0 Å². The van der Waals surface area contributed by atoms with Crippen LogP contribution in [0.1, 0.15) is 38.8 Å². The molecular weight excluding hydrogens is 324 g/mol. The number of nitrogen functional groups attached to an aromatic ring is 1. The quantitative estimate of drug-likeness (QED) is 0.293. The number of rotatable bonds is 5. The lowest BCUT2D eigenvalue weighted by atomic mass is 9.99. The van der Waals surface area contributed by atoms with Crippen LogP contribution in [-0.2, 0) is 4.74 Å². The van der Waals surface area contributed by atoms with E-state index < -0.39 is 17.0 Å². The van der Waals surface area contributed by atoms with Crippen LogP contribution >= 0.6 is 0 Å². The monoisotopic (exact) mass is 342 g/mol. The number of benzene rings is 2. The third-order valence-corrected chi connectivity index (χ3v) is 3.77. The highest BCUT2D eigenvalue weighted by molar-refractivity contribution is 6.02. The largest absolute Gasteiger partial charge is 0.451 e. The van der Waals surface area contributed by atoms with Crippen LogP contribution in [0.5, 0.6) is 0 Å². The molecule has 7 nitrogen and oxygen atoms in total. The van der Waals surface area contributed by atoms with Gasteiger partial charge in [0.2, 0.25) is 5.78 Å². The minimum atomic E-state index is -1.02. The summed E-state index contributed by atoms with van der Waals surface area (Å²) >= 11 is 0. The maximum atomic E-state index is 12.5. The number of nitro benzene ring substituents is 1. The van der Waals surface area contributed by atoms with Gasteiger partial charge in [0.15, 0.2) is 6.10 Å². The predicted octanol–water partition coefficient (Wildman–Crippen LogP) is 3.22. The highest BCUT2D eigenvalue weighted by Crippen LogP contribution is 2.23. The fraction of sp³-hybridized carbons (Fsp3) is 0.222. The van der Waals surface area contributed by atoms with E-state index in [1.807, 2.05) is 19.1 Å². The van der Waals surface area contributed by atoms with Gasteiger partial charge in [-0.1, -0.05) is 17.7 Å². The second kappa shape index (κ2) is 7.12. The molecule has 2 aromatic rings. The molecular formula is C18H18N2O5. The Morgan fingerprint density at radius 1 is 1.16 bits per heavy atom. The Hall–Kier alpha value is -3.22. The van der Waals surface area contributed by atoms with Crippen molar-refractivity contribution in [1.29, 1.82) is 0 Å². The molecule has 0 fully saturated rings. The first-order valence-corrected chi connectivity index (χ1v) is 7.57. The van der Waals surface area contributed by atoms with E-state index in [9.17, 15) is 19.7 Å². The van der Waals surface area contributed by atoms with E-state index in [0.717, 1.165) is 17.2 Å². The summed E-state index contributed by atoms with van der Waals surface area (Å²) in [5, 5.41) is 10.9. The number of carbonyl (C=O) groups is 2. The molecule has 0 saturated heterocycles. The zero-order valence-corrected chi connectivity index (χ0v) is 14.1. The van der Waals surface area contributed by atoms with Crippen molar-refractivity contribution in [1.82, 2.24) is 0 Å². The van der Waals surface area contributed by atoms with E-state index in [1.54, 1.807) is 13.0 Å². The Labute approximate surface area is 144 Å². The van der Waals surface area contributed by atoms with Crippen molar-refractivity contribution in [3.05, 3.63) is 68.8 Å². The minimum absolute atomic E-state index is 0.0403. The molecule has 0 aliphatic carbocycles. The molecule has 0 aliphatic heterocycles. The molecule has 0 heterocycles. The van der Waals surface area contributed by atoms with Gasteiger partial charge in [-0.2, -0.15) is 0 Å². The second-order valence-corrected chi connectivity index (χ2v) is 5.76. The summed E-state index contributed by atoms with van der Waals surface area (Å²) < 4.78 is 5.17. The topological polar surface area (TPSA) is 113 Å². The lowest BCUT2D eigenvalue weighted by molar-refractivity contribution is -0.383. The highest BCUT2D eigenvalue weighted by Gasteiger charge is 2.23. The first kappa shape index (κ1) is 18.1. The molecule has 2 aromatic carbocycles. The molecule has 2 N–H and O–H groups in total. The van der Waals surface area contributed by atoms with Gasteiger partial charge >= 0.3 is 5.97 Å². The summed E-state index contributed by atoms with van der Waals surface area (Å²) in [5.41, 5.74) is 7.19. The summed E-state index contributed by atoms with van der Waals surface area (Å²) in [6.07, 6.45) is -1.02. The van der Waals surface area contributed by atoms with Crippen molar-refractivity contribution < 1.29 is 19.2 Å². The number of nitro groups is 1. The number of hydrogen-bond donors (Lipinski definition) is 1. The number of Topliss-reactive ketones (excluding diaryl/α,β-unsaturated/α-hetero) is 1. The van der Waals surface area contributed by atoms with Crippen molar-refractivity contribution in [2.24, 2.45) is 0 Å². The molecule has 130 valence electrons. The number of carbonyl (C=O) groups excluding carboxylic acids is 2. The van der Waals surface area contributed by atoms with Crippen LogP contribution in [-0.4, -0.2) is 22.8 Å². The van der Waals surface area contributed by atoms with Crippen LogP contribution < -0.4 is 5.73 Å². The lowest BCUT2D eigenvalue weighted by Gasteiger charge is -2.14. The zero-order chi connectivity index (χ0) is 18.7. The van der Waals surface area contributed by atoms with Gasteiger partial charge in [-0.05, 0) is 44.5 Å². The van der Waals surface area contributed by atoms with Crippen molar-refractivity contribution in [2.45, 2.75) is 26.9 Å². The predicted molar refractivity (Wildman–Crippen MR) is 92.6 cm³/mol. The summed E-state index contributed by atoms with van der Waals surface area (Å²) in [6.45, 7) is 5.12. The number of aryl methyl sites for hydroxylation is 2. The van der Waals surface area contributed by atoms with Crippen LogP contribution in [0.25, 0.3) is 0 Å². The average Bonchev–Trinajstić information content (AvgIpc) is 2.56. The lowest BCUT2D eigenvalue weighted by Crippen LogP contribution is -2.25. The smallest absolute Gasteiger partial charge is 0.339 e. The van der Waals surface area contributed by atoms with Crippen LogP contribution in [0, 0.1) is 24.0 Å². The van der Waals surface area contributed by atoms with Gasteiger partial charge in [-0.3, -0.25) is 14.9 Å². The average molecular weight is 342 g/mol. The summed E-state index contributed by atoms with van der Waals surface area (Å²) in [6, 6.07) is 9.05. The number of hydrogen-bond acceptors (Lipinski definition) is 6. The minimum Gasteiger partial charge on any atom is -0.451 e. The van der Waals surface area contributed by atoms with Crippen molar-refractivity contribution >= 4 is 23.1 Å². The molecule has 0 spiro atoms. The number of esters is 1. The zero-order valence-electron chi connectivity index (χ0n) is 14.1. The van der Waals surface area contributed by atoms with E-state index in [-0.39, 0.29) is 22.7 Å². The van der Waals surface area contributed by atoms with Crippen molar-refractivity contribution in [2.75, 3.05) is 5.73 Å². The number of nitrogens with two attached hydrogens (primary N) is 1. The highest BCUT2D eigenvalue weighted by atomic mass is 16.6. The first-order valence-electron chi connectivity index (χ1n) is 7.57. The van der Waals surface area contributed by atoms with E-state index in [2.05, 4.69) is 0 Å². The Morgan fingerprint density at radius 2 is 1.84 bits per heavy atom. The van der Waals surface area contributed by atoms with E-state index in [4.69, 9.17) is 10.5 Å². The Bertz CT molecular complexity index is 861. The molecule has 7 heteroatoms. The summed E-state index contributed by atoms with van der Waals surface area (Å²) in [5.74, 6) is -1.16. The van der Waals surface area contributed by atoms with Crippen LogP contribution in [0.15, 0.2) is 36.4 Å². The Morgan fingerprint density at radius 3 is 2.48 bits per heavy atom. The maximum absolute atomic E-state index is 12.5. The molecule has 0 radical (unpaired) electrons. The van der Waals surface area contributed by atoms with Gasteiger partial charge < -0.3 is 10.5 Å². The molecule has 0 bridgehead atoms. The van der Waals surface area contributed by atoms with Gasteiger partial charge in [0, 0.05) is 11.6 Å². The van der Waals surface area contributed by atoms with Crippen LogP contribution in [0.2, 0.25) is 0 Å². The first-order chi connectivity index (χ1) is 11.7. The fourth-order valence-electron chi connectivity index (χ4n) is 2.33. The van der Waals surface area contributed by atoms with Crippen LogP contribution in [0.4, 0.5) is 11.4 Å². The maximum Gasteiger partial charge on any atom is 0.339 e. The van der Waals surface area contributed by atoms with Gasteiger partial charge in [0.05, 0.1) is 10.5 Å². The molecule has 25 heavy (non-hydrogen) atoms. The molecule has 0 saturated carbocycles. The van der Waals surface area contributed by atoms with Gasteiger partial charge in [0.1, 0.15) is 5.69 Å². The van der Waals surface area contributed by atoms with Crippen LogP contribution in [0.3, 0.4) is 0 Å². The van der Waals surface area contributed by atoms with Gasteiger partial charge in [-0.15, -0.1) is 0 Å². The molecule has 1 unspecified atom stereocenters. The van der Waals surface area contributed by atoms with E-state index in [0.29, 0.717) is 5.56 Å². The van der Waals surface area contributed by atoms with Gasteiger partial charge in [-0.25, -0.2) is 4.79 Å². The second-order valence-electron chi connectivity index (χ2n) is 5.76. The third kappa shape index (κ3) is 4.00. The van der Waals surface area contributed by atoms with E-state index in [1.165, 1.54) is 19.1 Å². The number of nitrogens with zero attached hydrogens (tertiary/aromatic N) is 1. The fourth-order valence-corrected chi connectivity index (χ4v) is 2.33. The SMILES string of the molecule is Cc1ccc(C)c(C(=O)C(C)OC(=O)c2ccc(N)c([N+](=O)[O-])c2)c1. The van der Waals surface area contributed by atoms with Crippen molar-refractivity contribution in [3.8, 4) is 0 Å². The number of ether oxygens (including phenoxy) is 1. The number of ketones is 1. The third-order valence-electron chi connectivity index (χ3n) is 3.77. The normalized spacial score (nSPS) is 11.6.